The Morgan fingerprint density at radius 2 is 2.20 bits per heavy atom. The van der Waals surface area contributed by atoms with Gasteiger partial charge in [0.25, 0.3) is 0 Å². The van der Waals surface area contributed by atoms with E-state index >= 15 is 0 Å². The summed E-state index contributed by atoms with van der Waals surface area (Å²) in [6, 6.07) is 0. The van der Waals surface area contributed by atoms with E-state index in [4.69, 9.17) is 11.1 Å². The number of hydrogen-bond donors (Lipinski definition) is 2. The van der Waals surface area contributed by atoms with Crippen LogP contribution in [0.5, 0.6) is 0 Å². The zero-order valence-corrected chi connectivity index (χ0v) is 2.81. The monoisotopic (exact) mass is 70.1 g/mol. The molecule has 0 aromatic heterocycles. The van der Waals surface area contributed by atoms with Crippen LogP contribution in [0.3, 0.4) is 0 Å². The van der Waals surface area contributed by atoms with E-state index in [0.717, 1.165) is 6.21 Å². The third-order valence-electron chi connectivity index (χ3n) is 0.207. The molecule has 0 aliphatic carbocycles. The molecule has 0 saturated heterocycles. The van der Waals surface area contributed by atoms with Crippen molar-refractivity contribution < 1.29 is 0 Å². The Labute approximate surface area is 30.8 Å². The second kappa shape index (κ2) is 3.21. The average molecular weight is 70.1 g/mol. The number of nitrogens with two attached hydrogens (primary N) is 1. The first kappa shape index (κ1) is 4.21. The molecule has 0 fully saturated rings. The first-order valence-corrected chi connectivity index (χ1v) is 1.29. The van der Waals surface area contributed by atoms with Crippen LogP contribution >= 0.6 is 0 Å². The molecule has 0 unspecified atom stereocenters. The molecule has 0 atom stereocenters. The van der Waals surface area contributed by atoms with Crippen molar-refractivity contribution in [3.05, 3.63) is 12.3 Å². The lowest BCUT2D eigenvalue weighted by Crippen LogP contribution is -1.73. The maximum atomic E-state index is 6.31. The van der Waals surface area contributed by atoms with Gasteiger partial charge in [-0.2, -0.15) is 0 Å². The molecule has 0 radical (unpaired) electrons. The second-order valence-electron chi connectivity index (χ2n) is 0.552. The normalized spacial score (nSPS) is 8.80. The van der Waals surface area contributed by atoms with Crippen molar-refractivity contribution in [2.45, 2.75) is 0 Å². The molecule has 0 saturated carbocycles. The van der Waals surface area contributed by atoms with Crippen LogP contribution in [-0.4, -0.2) is 6.21 Å². The molecular formula is C3H6N2. The van der Waals surface area contributed by atoms with Crippen molar-refractivity contribution >= 4 is 6.21 Å². The third kappa shape index (κ3) is 3.21. The Hall–Kier alpha value is -0.790. The summed E-state index contributed by atoms with van der Waals surface area (Å²) in [5.41, 5.74) is 4.81. The van der Waals surface area contributed by atoms with Gasteiger partial charge < -0.3 is 11.1 Å². The third-order valence-corrected chi connectivity index (χ3v) is 0.207. The van der Waals surface area contributed by atoms with E-state index in [1.54, 1.807) is 0 Å². The molecule has 2 nitrogen and oxygen atoms in total. The summed E-state index contributed by atoms with van der Waals surface area (Å²) >= 11 is 0. The van der Waals surface area contributed by atoms with Crippen LogP contribution in [-0.2, 0) is 0 Å². The predicted octanol–water partition coefficient (Wildman–Crippen LogP) is 0.108. The van der Waals surface area contributed by atoms with Crippen molar-refractivity contribution in [1.29, 1.82) is 5.41 Å². The molecule has 0 bridgehead atoms. The largest absolute Gasteiger partial charge is 0.405 e. The highest BCUT2D eigenvalue weighted by Crippen LogP contribution is 1.45. The zero-order valence-electron chi connectivity index (χ0n) is 2.81. The molecule has 0 aliphatic heterocycles. The van der Waals surface area contributed by atoms with E-state index in [-0.39, 0.29) is 0 Å². The van der Waals surface area contributed by atoms with Crippen molar-refractivity contribution in [3.8, 4) is 0 Å². The average Bonchev–Trinajstić information content (AvgIpc) is 1.41. The Kier molecular flexibility index (Phi) is 2.70. The maximum Gasteiger partial charge on any atom is 0.0192 e. The Morgan fingerprint density at radius 1 is 1.60 bits per heavy atom. The van der Waals surface area contributed by atoms with E-state index in [1.807, 2.05) is 0 Å². The van der Waals surface area contributed by atoms with E-state index < -0.39 is 0 Å². The van der Waals surface area contributed by atoms with Gasteiger partial charge in [0.2, 0.25) is 0 Å². The highest BCUT2D eigenvalue weighted by atomic mass is 14.5. The quantitative estimate of drug-likeness (QED) is 0.422. The summed E-state index contributed by atoms with van der Waals surface area (Å²) in [6.07, 6.45) is 3.88. The Balaban J connectivity index is 2.92. The summed E-state index contributed by atoms with van der Waals surface area (Å²) in [5, 5.41) is 6.31. The standard InChI is InChI=1S/C3H6N2/c4-2-1-3-5/h1-4H,5H2/b3-1+,4-2?. The van der Waals surface area contributed by atoms with Crippen LogP contribution in [0.15, 0.2) is 12.3 Å². The van der Waals surface area contributed by atoms with Crippen LogP contribution in [0, 0.1) is 5.41 Å². The van der Waals surface area contributed by atoms with Crippen molar-refractivity contribution in [1.82, 2.24) is 0 Å². The number of rotatable bonds is 1. The van der Waals surface area contributed by atoms with Gasteiger partial charge in [0, 0.05) is 6.21 Å². The number of hydrogen-bond acceptors (Lipinski definition) is 2. The minimum Gasteiger partial charge on any atom is -0.405 e. The summed E-state index contributed by atoms with van der Waals surface area (Å²) in [5.74, 6) is 0. The lowest BCUT2D eigenvalue weighted by Gasteiger charge is -1.57. The second-order valence-corrected chi connectivity index (χ2v) is 0.552. The fraction of sp³-hybridized carbons (Fsp3) is 0. The zero-order chi connectivity index (χ0) is 4.12. The summed E-state index contributed by atoms with van der Waals surface area (Å²) < 4.78 is 0. The Morgan fingerprint density at radius 3 is 2.20 bits per heavy atom. The molecule has 28 valence electrons. The smallest absolute Gasteiger partial charge is 0.0192 e. The van der Waals surface area contributed by atoms with Gasteiger partial charge in [-0.3, -0.25) is 0 Å². The number of allylic oxidation sites excluding steroid dienone is 1. The van der Waals surface area contributed by atoms with Gasteiger partial charge in [0.15, 0.2) is 0 Å². The van der Waals surface area contributed by atoms with E-state index in [2.05, 4.69) is 0 Å². The van der Waals surface area contributed by atoms with Crippen LogP contribution in [0.25, 0.3) is 0 Å². The SMILES string of the molecule is N=C/C=C/N. The molecule has 0 rings (SSSR count). The van der Waals surface area contributed by atoms with Crippen LogP contribution in [0.1, 0.15) is 0 Å². The first-order chi connectivity index (χ1) is 2.41. The minimum absolute atomic E-state index is 1.12. The van der Waals surface area contributed by atoms with Crippen molar-refractivity contribution in [2.24, 2.45) is 5.73 Å². The molecule has 0 aliphatic rings. The highest BCUT2D eigenvalue weighted by molar-refractivity contribution is 5.67. The fourth-order valence-electron chi connectivity index (χ4n) is 0.0556. The van der Waals surface area contributed by atoms with Crippen LogP contribution in [0.2, 0.25) is 0 Å². The van der Waals surface area contributed by atoms with Gasteiger partial charge in [0.05, 0.1) is 0 Å². The van der Waals surface area contributed by atoms with Gasteiger partial charge in [0.1, 0.15) is 0 Å². The van der Waals surface area contributed by atoms with E-state index in [9.17, 15) is 0 Å². The van der Waals surface area contributed by atoms with E-state index in [0.29, 0.717) is 0 Å². The van der Waals surface area contributed by atoms with Crippen molar-refractivity contribution in [3.63, 3.8) is 0 Å². The van der Waals surface area contributed by atoms with Gasteiger partial charge in [-0.25, -0.2) is 0 Å². The summed E-state index contributed by atoms with van der Waals surface area (Å²) in [4.78, 5) is 0. The lowest BCUT2D eigenvalue weighted by atomic mass is 10.7. The Bertz CT molecular complexity index is 46.9. The lowest BCUT2D eigenvalue weighted by molar-refractivity contribution is 1.56. The van der Waals surface area contributed by atoms with Crippen LogP contribution in [0.4, 0.5) is 0 Å². The molecule has 0 spiro atoms. The minimum atomic E-state index is 1.12. The fourth-order valence-corrected chi connectivity index (χ4v) is 0.0556. The van der Waals surface area contributed by atoms with Gasteiger partial charge in [-0.1, -0.05) is 0 Å². The molecule has 0 heterocycles. The molecule has 0 aromatic carbocycles. The summed E-state index contributed by atoms with van der Waals surface area (Å²) in [7, 11) is 0. The number of nitrogens with one attached hydrogen (secondary N) is 1. The van der Waals surface area contributed by atoms with Gasteiger partial charge >= 0.3 is 0 Å². The molecular weight excluding hydrogens is 64.0 g/mol. The molecule has 0 aromatic rings. The van der Waals surface area contributed by atoms with Crippen LogP contribution < -0.4 is 5.73 Å². The molecule has 3 N–H and O–H groups in total. The first-order valence-electron chi connectivity index (χ1n) is 1.29. The maximum absolute atomic E-state index is 6.31. The highest BCUT2D eigenvalue weighted by Gasteiger charge is 1.43. The molecule has 2 heteroatoms. The molecule has 0 amide bonds. The van der Waals surface area contributed by atoms with Gasteiger partial charge in [-0.05, 0) is 12.3 Å². The van der Waals surface area contributed by atoms with Crippen molar-refractivity contribution in [2.75, 3.05) is 0 Å². The predicted molar refractivity (Wildman–Crippen MR) is 22.1 cm³/mol. The topological polar surface area (TPSA) is 49.9 Å². The van der Waals surface area contributed by atoms with Gasteiger partial charge in [-0.15, -0.1) is 0 Å². The molecule has 5 heavy (non-hydrogen) atoms. The van der Waals surface area contributed by atoms with E-state index in [1.165, 1.54) is 12.3 Å². The summed E-state index contributed by atoms with van der Waals surface area (Å²) in [6.45, 7) is 0.